The first-order valence-electron chi connectivity index (χ1n) is 7.06. The fourth-order valence-corrected chi connectivity index (χ4v) is 3.15. The zero-order valence-corrected chi connectivity index (χ0v) is 14.0. The molecule has 20 heavy (non-hydrogen) atoms. The topological polar surface area (TPSA) is 29.5 Å². The average Bonchev–Trinajstić information content (AvgIpc) is 2.59. The minimum Gasteiger partial charge on any atom is -0.496 e. The first-order chi connectivity index (χ1) is 9.43. The molecule has 1 aromatic carbocycles. The summed E-state index contributed by atoms with van der Waals surface area (Å²) < 4.78 is 6.02. The zero-order chi connectivity index (χ0) is 14.8. The highest BCUT2D eigenvalue weighted by molar-refractivity contribution is 9.10. The molecule has 0 N–H and O–H groups in total. The Balaban J connectivity index is 2.13. The lowest BCUT2D eigenvalue weighted by molar-refractivity contribution is 0.0757. The van der Waals surface area contributed by atoms with Crippen LogP contribution < -0.4 is 4.74 Å². The number of hydrogen-bond acceptors (Lipinski definition) is 2. The molecule has 0 aromatic heterocycles. The highest BCUT2D eigenvalue weighted by Gasteiger charge is 2.26. The van der Waals surface area contributed by atoms with Gasteiger partial charge in [0, 0.05) is 18.7 Å². The lowest BCUT2D eigenvalue weighted by Gasteiger charge is -2.23. The molecule has 0 spiro atoms. The SMILES string of the molecule is COc1ccc(C(=O)N2CCCC(C)(C)CC2)cc1Br. The third-order valence-electron chi connectivity index (χ3n) is 4.03. The van der Waals surface area contributed by atoms with Gasteiger partial charge in [-0.3, -0.25) is 4.79 Å². The van der Waals surface area contributed by atoms with Crippen LogP contribution >= 0.6 is 15.9 Å². The molecule has 1 aromatic rings. The Morgan fingerprint density at radius 3 is 2.70 bits per heavy atom. The Labute approximate surface area is 129 Å². The van der Waals surface area contributed by atoms with Crippen molar-refractivity contribution in [2.75, 3.05) is 20.2 Å². The molecule has 1 amide bonds. The lowest BCUT2D eigenvalue weighted by Crippen LogP contribution is -2.32. The van der Waals surface area contributed by atoms with Gasteiger partial charge in [-0.2, -0.15) is 0 Å². The van der Waals surface area contributed by atoms with Crippen molar-refractivity contribution in [1.29, 1.82) is 0 Å². The minimum absolute atomic E-state index is 0.117. The van der Waals surface area contributed by atoms with E-state index < -0.39 is 0 Å². The maximum Gasteiger partial charge on any atom is 0.253 e. The molecule has 110 valence electrons. The quantitative estimate of drug-likeness (QED) is 0.811. The average molecular weight is 340 g/mol. The smallest absolute Gasteiger partial charge is 0.253 e. The van der Waals surface area contributed by atoms with Crippen LogP contribution in [0.15, 0.2) is 22.7 Å². The second kappa shape index (κ2) is 6.17. The van der Waals surface area contributed by atoms with Crippen LogP contribution in [-0.2, 0) is 0 Å². The van der Waals surface area contributed by atoms with Crippen LogP contribution in [0.1, 0.15) is 43.5 Å². The van der Waals surface area contributed by atoms with Crippen molar-refractivity contribution < 1.29 is 9.53 Å². The Hall–Kier alpha value is -1.03. The maximum absolute atomic E-state index is 12.6. The summed E-state index contributed by atoms with van der Waals surface area (Å²) in [6, 6.07) is 5.51. The maximum atomic E-state index is 12.6. The number of nitrogens with zero attached hydrogens (tertiary/aromatic N) is 1. The molecule has 1 fully saturated rings. The standard InChI is InChI=1S/C16H22BrNO2/c1-16(2)7-4-9-18(10-8-16)15(19)12-5-6-14(20-3)13(17)11-12/h5-6,11H,4,7-10H2,1-3H3. The summed E-state index contributed by atoms with van der Waals surface area (Å²) in [6.45, 7) is 6.26. The summed E-state index contributed by atoms with van der Waals surface area (Å²) in [5.41, 5.74) is 1.06. The van der Waals surface area contributed by atoms with Crippen LogP contribution in [0.25, 0.3) is 0 Å². The van der Waals surface area contributed by atoms with E-state index in [2.05, 4.69) is 29.8 Å². The van der Waals surface area contributed by atoms with Crippen molar-refractivity contribution in [1.82, 2.24) is 4.90 Å². The van der Waals surface area contributed by atoms with Crippen molar-refractivity contribution in [2.45, 2.75) is 33.1 Å². The number of carbonyl (C=O) groups is 1. The Morgan fingerprint density at radius 1 is 1.30 bits per heavy atom. The highest BCUT2D eigenvalue weighted by Crippen LogP contribution is 2.31. The number of amides is 1. The minimum atomic E-state index is 0.117. The van der Waals surface area contributed by atoms with E-state index in [-0.39, 0.29) is 5.91 Å². The highest BCUT2D eigenvalue weighted by atomic mass is 79.9. The number of methoxy groups -OCH3 is 1. The van der Waals surface area contributed by atoms with Crippen LogP contribution in [0.5, 0.6) is 5.75 Å². The van der Waals surface area contributed by atoms with Crippen molar-refractivity contribution in [3.8, 4) is 5.75 Å². The fraction of sp³-hybridized carbons (Fsp3) is 0.562. The monoisotopic (exact) mass is 339 g/mol. The van der Waals surface area contributed by atoms with Gasteiger partial charge in [-0.05, 0) is 58.8 Å². The fourth-order valence-electron chi connectivity index (χ4n) is 2.61. The Morgan fingerprint density at radius 2 is 2.05 bits per heavy atom. The Bertz CT molecular complexity index is 499. The molecular weight excluding hydrogens is 318 g/mol. The van der Waals surface area contributed by atoms with Gasteiger partial charge < -0.3 is 9.64 Å². The van der Waals surface area contributed by atoms with E-state index in [1.807, 2.05) is 23.1 Å². The first kappa shape index (κ1) is 15.4. The van der Waals surface area contributed by atoms with Crippen molar-refractivity contribution in [2.24, 2.45) is 5.41 Å². The van der Waals surface area contributed by atoms with Gasteiger partial charge >= 0.3 is 0 Å². The molecule has 1 heterocycles. The molecule has 0 aliphatic carbocycles. The summed E-state index contributed by atoms with van der Waals surface area (Å²) >= 11 is 3.44. The number of halogens is 1. The van der Waals surface area contributed by atoms with E-state index in [1.54, 1.807) is 7.11 Å². The normalized spacial score (nSPS) is 18.5. The third kappa shape index (κ3) is 3.54. The summed E-state index contributed by atoms with van der Waals surface area (Å²) in [5, 5.41) is 0. The van der Waals surface area contributed by atoms with Crippen LogP contribution in [0, 0.1) is 5.41 Å². The number of likely N-dealkylation sites (tertiary alicyclic amines) is 1. The van der Waals surface area contributed by atoms with Gasteiger partial charge in [0.25, 0.3) is 5.91 Å². The lowest BCUT2D eigenvalue weighted by atomic mass is 9.85. The number of hydrogen-bond donors (Lipinski definition) is 0. The van der Waals surface area contributed by atoms with E-state index in [0.717, 1.165) is 41.7 Å². The second-order valence-electron chi connectivity index (χ2n) is 6.16. The molecular formula is C16H22BrNO2. The summed E-state index contributed by atoms with van der Waals surface area (Å²) in [6.07, 6.45) is 3.33. The van der Waals surface area contributed by atoms with Gasteiger partial charge in [-0.1, -0.05) is 13.8 Å². The van der Waals surface area contributed by atoms with Gasteiger partial charge in [0.15, 0.2) is 0 Å². The van der Waals surface area contributed by atoms with E-state index in [0.29, 0.717) is 5.41 Å². The van der Waals surface area contributed by atoms with Crippen LogP contribution in [0.2, 0.25) is 0 Å². The number of rotatable bonds is 2. The van der Waals surface area contributed by atoms with E-state index in [4.69, 9.17) is 4.74 Å². The van der Waals surface area contributed by atoms with Crippen LogP contribution in [0.4, 0.5) is 0 Å². The number of benzene rings is 1. The van der Waals surface area contributed by atoms with Gasteiger partial charge in [0.05, 0.1) is 11.6 Å². The van der Waals surface area contributed by atoms with Crippen LogP contribution in [0.3, 0.4) is 0 Å². The van der Waals surface area contributed by atoms with E-state index in [1.165, 1.54) is 6.42 Å². The number of ether oxygens (including phenoxy) is 1. The van der Waals surface area contributed by atoms with Crippen molar-refractivity contribution in [3.05, 3.63) is 28.2 Å². The Kier molecular flexibility index (Phi) is 4.74. The molecule has 0 saturated carbocycles. The molecule has 0 radical (unpaired) electrons. The van der Waals surface area contributed by atoms with Gasteiger partial charge in [0.1, 0.15) is 5.75 Å². The number of carbonyl (C=O) groups excluding carboxylic acids is 1. The summed E-state index contributed by atoms with van der Waals surface area (Å²) in [7, 11) is 1.62. The molecule has 4 heteroatoms. The molecule has 1 saturated heterocycles. The van der Waals surface area contributed by atoms with Crippen molar-refractivity contribution in [3.63, 3.8) is 0 Å². The first-order valence-corrected chi connectivity index (χ1v) is 7.85. The largest absolute Gasteiger partial charge is 0.496 e. The molecule has 1 aliphatic heterocycles. The molecule has 0 atom stereocenters. The van der Waals surface area contributed by atoms with Crippen molar-refractivity contribution >= 4 is 21.8 Å². The predicted octanol–water partition coefficient (Wildman–Crippen LogP) is 4.11. The molecule has 0 bridgehead atoms. The summed E-state index contributed by atoms with van der Waals surface area (Å²) in [5.74, 6) is 0.865. The molecule has 2 rings (SSSR count). The molecule has 3 nitrogen and oxygen atoms in total. The van der Waals surface area contributed by atoms with Gasteiger partial charge in [-0.15, -0.1) is 0 Å². The van der Waals surface area contributed by atoms with Gasteiger partial charge in [-0.25, -0.2) is 0 Å². The van der Waals surface area contributed by atoms with Gasteiger partial charge in [0.2, 0.25) is 0 Å². The summed E-state index contributed by atoms with van der Waals surface area (Å²) in [4.78, 5) is 14.6. The molecule has 1 aliphatic rings. The van der Waals surface area contributed by atoms with Crippen LogP contribution in [-0.4, -0.2) is 31.0 Å². The zero-order valence-electron chi connectivity index (χ0n) is 12.4. The molecule has 0 unspecified atom stereocenters. The third-order valence-corrected chi connectivity index (χ3v) is 4.65. The second-order valence-corrected chi connectivity index (χ2v) is 7.01. The van der Waals surface area contributed by atoms with E-state index >= 15 is 0 Å². The van der Waals surface area contributed by atoms with E-state index in [9.17, 15) is 4.79 Å². The predicted molar refractivity (Wildman–Crippen MR) is 84.2 cm³/mol.